The van der Waals surface area contributed by atoms with Gasteiger partial charge in [0.15, 0.2) is 0 Å². The molecule has 1 aromatic carbocycles. The van der Waals surface area contributed by atoms with Crippen molar-refractivity contribution in [1.29, 1.82) is 0 Å². The van der Waals surface area contributed by atoms with Crippen molar-refractivity contribution < 1.29 is 4.39 Å². The van der Waals surface area contributed by atoms with E-state index in [1.54, 1.807) is 12.1 Å². The van der Waals surface area contributed by atoms with Crippen LogP contribution in [0.2, 0.25) is 5.02 Å². The molecule has 0 saturated carbocycles. The van der Waals surface area contributed by atoms with Crippen molar-refractivity contribution in [3.05, 3.63) is 63.7 Å². The van der Waals surface area contributed by atoms with Crippen molar-refractivity contribution in [2.45, 2.75) is 33.2 Å². The molecule has 21 heavy (non-hydrogen) atoms. The van der Waals surface area contributed by atoms with E-state index in [0.29, 0.717) is 17.0 Å². The molecule has 1 aromatic heterocycles. The standard InChI is InChI=1S/C17H20ClFN2/c1-4-20-16(17-12(3)8-11(2)10-21-17)9-13-14(18)6-5-7-15(13)19/h5-8,10,16,20H,4,9H2,1-3H3. The zero-order valence-electron chi connectivity index (χ0n) is 12.6. The number of likely N-dealkylation sites (N-methyl/N-ethyl adjacent to an activating group) is 1. The lowest BCUT2D eigenvalue weighted by molar-refractivity contribution is 0.515. The number of benzene rings is 1. The Kier molecular flexibility index (Phi) is 5.32. The molecule has 4 heteroatoms. The quantitative estimate of drug-likeness (QED) is 0.886. The van der Waals surface area contributed by atoms with Crippen molar-refractivity contribution in [1.82, 2.24) is 10.3 Å². The Morgan fingerprint density at radius 3 is 2.71 bits per heavy atom. The third-order valence-electron chi connectivity index (χ3n) is 3.51. The number of halogens is 2. The summed E-state index contributed by atoms with van der Waals surface area (Å²) >= 11 is 6.14. The number of nitrogens with zero attached hydrogens (tertiary/aromatic N) is 1. The summed E-state index contributed by atoms with van der Waals surface area (Å²) in [5.74, 6) is -0.268. The second-order valence-corrected chi connectivity index (χ2v) is 5.64. The van der Waals surface area contributed by atoms with Crippen LogP contribution in [0.5, 0.6) is 0 Å². The van der Waals surface area contributed by atoms with Crippen molar-refractivity contribution in [2.75, 3.05) is 6.54 Å². The highest BCUT2D eigenvalue weighted by Crippen LogP contribution is 2.26. The minimum absolute atomic E-state index is 0.0509. The molecule has 0 fully saturated rings. The Balaban J connectivity index is 2.35. The highest BCUT2D eigenvalue weighted by Gasteiger charge is 2.18. The summed E-state index contributed by atoms with van der Waals surface area (Å²) in [5, 5.41) is 3.84. The van der Waals surface area contributed by atoms with Crippen molar-refractivity contribution in [2.24, 2.45) is 0 Å². The van der Waals surface area contributed by atoms with Crippen LogP contribution in [0.15, 0.2) is 30.5 Å². The average Bonchev–Trinajstić information content (AvgIpc) is 2.42. The van der Waals surface area contributed by atoms with E-state index in [1.165, 1.54) is 6.07 Å². The van der Waals surface area contributed by atoms with Gasteiger partial charge in [-0.15, -0.1) is 0 Å². The second kappa shape index (κ2) is 7.01. The molecular formula is C17H20ClFN2. The summed E-state index contributed by atoms with van der Waals surface area (Å²) in [5.41, 5.74) is 3.71. The van der Waals surface area contributed by atoms with Crippen molar-refractivity contribution in [3.63, 3.8) is 0 Å². The Labute approximate surface area is 130 Å². The minimum atomic E-state index is -0.268. The van der Waals surface area contributed by atoms with Crippen LogP contribution in [0.1, 0.15) is 35.3 Å². The summed E-state index contributed by atoms with van der Waals surface area (Å²) < 4.78 is 14.0. The molecule has 0 radical (unpaired) electrons. The zero-order valence-corrected chi connectivity index (χ0v) is 13.3. The van der Waals surface area contributed by atoms with Gasteiger partial charge < -0.3 is 5.32 Å². The van der Waals surface area contributed by atoms with E-state index in [0.717, 1.165) is 23.4 Å². The minimum Gasteiger partial charge on any atom is -0.309 e. The van der Waals surface area contributed by atoms with Gasteiger partial charge >= 0.3 is 0 Å². The molecule has 1 unspecified atom stereocenters. The maximum absolute atomic E-state index is 14.0. The van der Waals surface area contributed by atoms with Crippen LogP contribution in [-0.2, 0) is 6.42 Å². The smallest absolute Gasteiger partial charge is 0.127 e. The fourth-order valence-corrected chi connectivity index (χ4v) is 2.77. The molecule has 1 atom stereocenters. The molecule has 2 rings (SSSR count). The molecule has 0 spiro atoms. The van der Waals surface area contributed by atoms with Gasteiger partial charge in [0, 0.05) is 16.8 Å². The van der Waals surface area contributed by atoms with E-state index < -0.39 is 0 Å². The first-order valence-corrected chi connectivity index (χ1v) is 7.50. The molecule has 1 N–H and O–H groups in total. The number of hydrogen-bond donors (Lipinski definition) is 1. The predicted molar refractivity (Wildman–Crippen MR) is 85.2 cm³/mol. The van der Waals surface area contributed by atoms with E-state index in [1.807, 2.05) is 27.0 Å². The average molecular weight is 307 g/mol. The van der Waals surface area contributed by atoms with Crippen LogP contribution < -0.4 is 5.32 Å². The van der Waals surface area contributed by atoms with Gasteiger partial charge in [-0.3, -0.25) is 4.98 Å². The van der Waals surface area contributed by atoms with E-state index in [2.05, 4.69) is 16.4 Å². The van der Waals surface area contributed by atoms with Gasteiger partial charge in [0.1, 0.15) is 5.82 Å². The number of pyridine rings is 1. The summed E-state index contributed by atoms with van der Waals surface area (Å²) in [7, 11) is 0. The fraction of sp³-hybridized carbons (Fsp3) is 0.353. The molecule has 0 aliphatic heterocycles. The Hall–Kier alpha value is -1.45. The first kappa shape index (κ1) is 15.9. The number of nitrogens with one attached hydrogen (secondary N) is 1. The molecule has 0 aliphatic rings. The van der Waals surface area contributed by atoms with Crippen molar-refractivity contribution >= 4 is 11.6 Å². The highest BCUT2D eigenvalue weighted by atomic mass is 35.5. The maximum atomic E-state index is 14.0. The molecule has 0 amide bonds. The van der Waals surface area contributed by atoms with Gasteiger partial charge in [0.2, 0.25) is 0 Å². The largest absolute Gasteiger partial charge is 0.309 e. The molecule has 1 heterocycles. The van der Waals surface area contributed by atoms with Crippen LogP contribution in [-0.4, -0.2) is 11.5 Å². The summed E-state index contributed by atoms with van der Waals surface area (Å²) in [6.07, 6.45) is 2.33. The van der Waals surface area contributed by atoms with Gasteiger partial charge in [-0.25, -0.2) is 4.39 Å². The molecule has 0 saturated heterocycles. The second-order valence-electron chi connectivity index (χ2n) is 5.23. The van der Waals surface area contributed by atoms with Gasteiger partial charge in [-0.1, -0.05) is 30.7 Å². The number of aromatic nitrogens is 1. The molecule has 112 valence electrons. The fourth-order valence-electron chi connectivity index (χ4n) is 2.53. The lowest BCUT2D eigenvalue weighted by Crippen LogP contribution is -2.25. The topological polar surface area (TPSA) is 24.9 Å². The van der Waals surface area contributed by atoms with Crippen LogP contribution in [0.25, 0.3) is 0 Å². The molecule has 0 bridgehead atoms. The Bertz CT molecular complexity index is 608. The predicted octanol–water partition coefficient (Wildman–Crippen LogP) is 4.38. The van der Waals surface area contributed by atoms with E-state index in [9.17, 15) is 4.39 Å². The molecular weight excluding hydrogens is 287 g/mol. The van der Waals surface area contributed by atoms with Crippen LogP contribution in [0.3, 0.4) is 0 Å². The summed E-state index contributed by atoms with van der Waals surface area (Å²) in [6.45, 7) is 6.85. The Morgan fingerprint density at radius 1 is 1.33 bits per heavy atom. The maximum Gasteiger partial charge on any atom is 0.127 e. The lowest BCUT2D eigenvalue weighted by atomic mass is 9.98. The number of hydrogen-bond acceptors (Lipinski definition) is 2. The van der Waals surface area contributed by atoms with Gasteiger partial charge in [0.05, 0.1) is 11.7 Å². The first-order chi connectivity index (χ1) is 10.0. The number of rotatable bonds is 5. The third kappa shape index (κ3) is 3.80. The van der Waals surface area contributed by atoms with Gasteiger partial charge in [0.25, 0.3) is 0 Å². The normalized spacial score (nSPS) is 12.4. The lowest BCUT2D eigenvalue weighted by Gasteiger charge is -2.20. The van der Waals surface area contributed by atoms with Crippen LogP contribution in [0.4, 0.5) is 4.39 Å². The first-order valence-electron chi connectivity index (χ1n) is 7.12. The van der Waals surface area contributed by atoms with E-state index in [4.69, 9.17) is 11.6 Å². The Morgan fingerprint density at radius 2 is 2.10 bits per heavy atom. The summed E-state index contributed by atoms with van der Waals surface area (Å²) in [4.78, 5) is 4.52. The monoisotopic (exact) mass is 306 g/mol. The van der Waals surface area contributed by atoms with Crippen LogP contribution >= 0.6 is 11.6 Å². The SMILES string of the molecule is CCNC(Cc1c(F)cccc1Cl)c1ncc(C)cc1C. The highest BCUT2D eigenvalue weighted by molar-refractivity contribution is 6.31. The number of aryl methyl sites for hydroxylation is 2. The van der Waals surface area contributed by atoms with Gasteiger partial charge in [-0.05, 0) is 50.1 Å². The third-order valence-corrected chi connectivity index (χ3v) is 3.86. The summed E-state index contributed by atoms with van der Waals surface area (Å²) in [6, 6.07) is 6.83. The molecule has 2 nitrogen and oxygen atoms in total. The van der Waals surface area contributed by atoms with Gasteiger partial charge in [-0.2, -0.15) is 0 Å². The van der Waals surface area contributed by atoms with Crippen LogP contribution in [0, 0.1) is 19.7 Å². The van der Waals surface area contributed by atoms with E-state index >= 15 is 0 Å². The van der Waals surface area contributed by atoms with E-state index in [-0.39, 0.29) is 11.9 Å². The van der Waals surface area contributed by atoms with Crippen molar-refractivity contribution in [3.8, 4) is 0 Å². The zero-order chi connectivity index (χ0) is 15.4. The molecule has 0 aliphatic carbocycles. The molecule has 2 aromatic rings.